The fourth-order valence-corrected chi connectivity index (χ4v) is 1.99. The molecule has 0 bridgehead atoms. The van der Waals surface area contributed by atoms with Crippen LogP contribution in [0.15, 0.2) is 60.7 Å². The summed E-state index contributed by atoms with van der Waals surface area (Å²) < 4.78 is 0. The molecule has 0 saturated carbocycles. The molecule has 0 heterocycles. The summed E-state index contributed by atoms with van der Waals surface area (Å²) in [5, 5.41) is 3.22. The van der Waals surface area contributed by atoms with Crippen molar-refractivity contribution in [3.63, 3.8) is 0 Å². The van der Waals surface area contributed by atoms with Gasteiger partial charge in [-0.2, -0.15) is 0 Å². The molecule has 3 nitrogen and oxygen atoms in total. The Balaban J connectivity index is 2.28. The molecule has 0 fully saturated rings. The highest BCUT2D eigenvalue weighted by atomic mass is 16.1. The molecule has 0 saturated heterocycles. The van der Waals surface area contributed by atoms with E-state index in [-0.39, 0.29) is 5.78 Å². The van der Waals surface area contributed by atoms with E-state index in [4.69, 9.17) is 5.73 Å². The fourth-order valence-electron chi connectivity index (χ4n) is 1.99. The van der Waals surface area contributed by atoms with Crippen LogP contribution in [0.4, 0.5) is 0 Å². The summed E-state index contributed by atoms with van der Waals surface area (Å²) >= 11 is 0. The van der Waals surface area contributed by atoms with Gasteiger partial charge in [0.15, 0.2) is 5.78 Å². The fraction of sp³-hybridized carbons (Fsp3) is 0.167. The normalized spacial score (nSPS) is 11.2. The van der Waals surface area contributed by atoms with E-state index >= 15 is 0 Å². The number of benzene rings is 2. The molecule has 0 unspecified atom stereocenters. The lowest BCUT2D eigenvalue weighted by Gasteiger charge is -2.11. The van der Waals surface area contributed by atoms with E-state index in [2.05, 4.69) is 5.32 Å². The lowest BCUT2D eigenvalue weighted by molar-refractivity contribution is 0.104. The first kappa shape index (κ1) is 15.0. The Hall–Kier alpha value is -2.39. The van der Waals surface area contributed by atoms with Crippen LogP contribution in [0.2, 0.25) is 0 Å². The first-order valence-corrected chi connectivity index (χ1v) is 7.03. The van der Waals surface area contributed by atoms with Gasteiger partial charge >= 0.3 is 0 Å². The largest absolute Gasteiger partial charge is 0.383 e. The van der Waals surface area contributed by atoms with Crippen LogP contribution in [-0.2, 0) is 0 Å². The van der Waals surface area contributed by atoms with E-state index < -0.39 is 0 Å². The average molecular weight is 280 g/mol. The second-order valence-electron chi connectivity index (χ2n) is 4.87. The lowest BCUT2D eigenvalue weighted by atomic mass is 10.1. The maximum atomic E-state index is 12.3. The van der Waals surface area contributed by atoms with Gasteiger partial charge in [0.05, 0.1) is 0 Å². The van der Waals surface area contributed by atoms with Crippen molar-refractivity contribution in [3.8, 4) is 0 Å². The maximum absolute atomic E-state index is 12.3. The SMILES string of the molecule is Cc1ccc(/C(=C/C(=O)c2ccccc2)NCCN)cc1. The Labute approximate surface area is 125 Å². The van der Waals surface area contributed by atoms with Gasteiger partial charge in [-0.3, -0.25) is 4.79 Å². The van der Waals surface area contributed by atoms with E-state index in [0.29, 0.717) is 18.7 Å². The van der Waals surface area contributed by atoms with Crippen molar-refractivity contribution < 1.29 is 4.79 Å². The number of allylic oxidation sites excluding steroid dienone is 1. The summed E-state index contributed by atoms with van der Waals surface area (Å²) in [5.41, 5.74) is 9.19. The van der Waals surface area contributed by atoms with Crippen molar-refractivity contribution in [1.82, 2.24) is 5.32 Å². The molecule has 3 N–H and O–H groups in total. The summed E-state index contributed by atoms with van der Waals surface area (Å²) in [7, 11) is 0. The molecule has 0 radical (unpaired) electrons. The smallest absolute Gasteiger partial charge is 0.187 e. The Bertz CT molecular complexity index is 615. The zero-order valence-corrected chi connectivity index (χ0v) is 12.2. The molecule has 0 aliphatic rings. The summed E-state index contributed by atoms with van der Waals surface area (Å²) in [6, 6.07) is 17.3. The van der Waals surface area contributed by atoms with Crippen molar-refractivity contribution in [1.29, 1.82) is 0 Å². The predicted molar refractivity (Wildman–Crippen MR) is 87.0 cm³/mol. The second kappa shape index (κ2) is 7.41. The molecule has 3 heteroatoms. The molecule has 2 rings (SSSR count). The molecule has 21 heavy (non-hydrogen) atoms. The number of nitrogens with two attached hydrogens (primary N) is 1. The van der Waals surface area contributed by atoms with E-state index in [0.717, 1.165) is 11.3 Å². The molecular formula is C18H20N2O. The molecule has 2 aromatic carbocycles. The van der Waals surface area contributed by atoms with Gasteiger partial charge in [0.1, 0.15) is 0 Å². The molecule has 0 aliphatic carbocycles. The summed E-state index contributed by atoms with van der Waals surface area (Å²) in [6.45, 7) is 3.18. The van der Waals surface area contributed by atoms with E-state index in [9.17, 15) is 4.79 Å². The Morgan fingerprint density at radius 3 is 2.33 bits per heavy atom. The molecular weight excluding hydrogens is 260 g/mol. The molecule has 0 amide bonds. The van der Waals surface area contributed by atoms with E-state index in [1.165, 1.54) is 5.56 Å². The topological polar surface area (TPSA) is 55.1 Å². The first-order valence-electron chi connectivity index (χ1n) is 7.03. The van der Waals surface area contributed by atoms with Crippen LogP contribution in [0.1, 0.15) is 21.5 Å². The molecule has 2 aromatic rings. The second-order valence-corrected chi connectivity index (χ2v) is 4.87. The number of hydrogen-bond donors (Lipinski definition) is 2. The molecule has 0 aromatic heterocycles. The Morgan fingerprint density at radius 2 is 1.71 bits per heavy atom. The molecule has 0 atom stereocenters. The van der Waals surface area contributed by atoms with Gasteiger partial charge in [0.25, 0.3) is 0 Å². The third-order valence-electron chi connectivity index (χ3n) is 3.16. The van der Waals surface area contributed by atoms with Crippen LogP contribution in [-0.4, -0.2) is 18.9 Å². The van der Waals surface area contributed by atoms with Crippen LogP contribution >= 0.6 is 0 Å². The molecule has 0 aliphatic heterocycles. The van der Waals surface area contributed by atoms with Gasteiger partial charge in [0, 0.05) is 30.4 Å². The van der Waals surface area contributed by atoms with Crippen LogP contribution in [0, 0.1) is 6.92 Å². The predicted octanol–water partition coefficient (Wildman–Crippen LogP) is 2.77. The van der Waals surface area contributed by atoms with Crippen LogP contribution < -0.4 is 11.1 Å². The number of carbonyl (C=O) groups is 1. The third-order valence-corrected chi connectivity index (χ3v) is 3.16. The number of carbonyl (C=O) groups excluding carboxylic acids is 1. The van der Waals surface area contributed by atoms with Crippen molar-refractivity contribution >= 4 is 11.5 Å². The highest BCUT2D eigenvalue weighted by Crippen LogP contribution is 2.14. The minimum atomic E-state index is -0.0179. The lowest BCUT2D eigenvalue weighted by Crippen LogP contribution is -2.21. The Morgan fingerprint density at radius 1 is 1.05 bits per heavy atom. The zero-order valence-electron chi connectivity index (χ0n) is 12.2. The van der Waals surface area contributed by atoms with Crippen molar-refractivity contribution in [3.05, 3.63) is 77.4 Å². The summed E-state index contributed by atoms with van der Waals surface area (Å²) in [6.07, 6.45) is 1.63. The van der Waals surface area contributed by atoms with Crippen molar-refractivity contribution in [2.45, 2.75) is 6.92 Å². The van der Waals surface area contributed by atoms with E-state index in [1.54, 1.807) is 6.08 Å². The number of ketones is 1. The zero-order chi connectivity index (χ0) is 15.1. The molecule has 0 spiro atoms. The Kier molecular flexibility index (Phi) is 5.29. The van der Waals surface area contributed by atoms with Gasteiger partial charge < -0.3 is 11.1 Å². The van der Waals surface area contributed by atoms with Gasteiger partial charge in [-0.25, -0.2) is 0 Å². The average Bonchev–Trinajstić information content (AvgIpc) is 2.53. The van der Waals surface area contributed by atoms with Crippen molar-refractivity contribution in [2.75, 3.05) is 13.1 Å². The van der Waals surface area contributed by atoms with Gasteiger partial charge in [-0.15, -0.1) is 0 Å². The van der Waals surface area contributed by atoms with Crippen LogP contribution in [0.25, 0.3) is 5.70 Å². The van der Waals surface area contributed by atoms with Gasteiger partial charge in [0.2, 0.25) is 0 Å². The molecule has 108 valence electrons. The standard InChI is InChI=1S/C18H20N2O/c1-14-7-9-15(10-8-14)17(20-12-11-19)13-18(21)16-5-3-2-4-6-16/h2-10,13,20H,11-12,19H2,1H3/b17-13-. The highest BCUT2D eigenvalue weighted by molar-refractivity contribution is 6.08. The highest BCUT2D eigenvalue weighted by Gasteiger charge is 2.06. The van der Waals surface area contributed by atoms with Gasteiger partial charge in [-0.1, -0.05) is 60.2 Å². The number of nitrogens with one attached hydrogen (secondary N) is 1. The van der Waals surface area contributed by atoms with Crippen LogP contribution in [0.3, 0.4) is 0 Å². The van der Waals surface area contributed by atoms with Gasteiger partial charge in [-0.05, 0) is 12.5 Å². The monoisotopic (exact) mass is 280 g/mol. The van der Waals surface area contributed by atoms with Crippen molar-refractivity contribution in [2.24, 2.45) is 5.73 Å². The summed E-state index contributed by atoms with van der Waals surface area (Å²) in [5.74, 6) is -0.0179. The summed E-state index contributed by atoms with van der Waals surface area (Å²) in [4.78, 5) is 12.3. The minimum Gasteiger partial charge on any atom is -0.383 e. The minimum absolute atomic E-state index is 0.0179. The number of rotatable bonds is 6. The number of aryl methyl sites for hydroxylation is 1. The number of hydrogen-bond acceptors (Lipinski definition) is 3. The van der Waals surface area contributed by atoms with E-state index in [1.807, 2.05) is 61.5 Å². The first-order chi connectivity index (χ1) is 10.2. The maximum Gasteiger partial charge on any atom is 0.187 e. The quantitative estimate of drug-likeness (QED) is 0.632. The van der Waals surface area contributed by atoms with Crippen LogP contribution in [0.5, 0.6) is 0 Å². The third kappa shape index (κ3) is 4.29.